The van der Waals surface area contributed by atoms with Crippen LogP contribution in [-0.4, -0.2) is 87.7 Å². The molecule has 194 valence electrons. The number of morpholine rings is 2. The summed E-state index contributed by atoms with van der Waals surface area (Å²) in [5.41, 5.74) is 10.6. The van der Waals surface area contributed by atoms with Gasteiger partial charge in [-0.3, -0.25) is 4.90 Å². The van der Waals surface area contributed by atoms with E-state index in [2.05, 4.69) is 14.9 Å². The van der Waals surface area contributed by atoms with Crippen LogP contribution in [0.25, 0.3) is 0 Å². The number of ether oxygens (including phenoxy) is 4. The van der Waals surface area contributed by atoms with Crippen LogP contribution in [0.15, 0.2) is 41.5 Å². The number of benzene rings is 1. The van der Waals surface area contributed by atoms with Crippen molar-refractivity contribution in [3.63, 3.8) is 0 Å². The fraction of sp³-hybridized carbons (Fsp3) is 0.538. The van der Waals surface area contributed by atoms with Gasteiger partial charge < -0.3 is 23.8 Å². The van der Waals surface area contributed by atoms with E-state index >= 15 is 0 Å². The van der Waals surface area contributed by atoms with Crippen molar-refractivity contribution in [2.75, 3.05) is 70.7 Å². The van der Waals surface area contributed by atoms with Gasteiger partial charge in [-0.2, -0.15) is 5.11 Å². The molecule has 0 amide bonds. The van der Waals surface area contributed by atoms with Crippen molar-refractivity contribution in [1.82, 2.24) is 9.88 Å². The summed E-state index contributed by atoms with van der Waals surface area (Å²) in [5.74, 6) is 0.0871. The molecule has 0 saturated carbocycles. The summed E-state index contributed by atoms with van der Waals surface area (Å²) in [5, 5.41) is 3.89. The van der Waals surface area contributed by atoms with Crippen molar-refractivity contribution < 1.29 is 23.7 Å². The SMILES string of the molecule is CC(C)OC(=O)c1cccc(C(N=N)c2cc(N3CCOCC3)cc(OCCN3CCOCC3)n2)c1. The van der Waals surface area contributed by atoms with Gasteiger partial charge in [0.25, 0.3) is 0 Å². The Morgan fingerprint density at radius 1 is 1.08 bits per heavy atom. The van der Waals surface area contributed by atoms with Gasteiger partial charge in [-0.1, -0.05) is 12.1 Å². The van der Waals surface area contributed by atoms with Gasteiger partial charge in [0, 0.05) is 44.5 Å². The molecule has 4 rings (SSSR count). The van der Waals surface area contributed by atoms with E-state index in [4.69, 9.17) is 29.5 Å². The van der Waals surface area contributed by atoms with Gasteiger partial charge in [-0.25, -0.2) is 15.3 Å². The van der Waals surface area contributed by atoms with Crippen molar-refractivity contribution in [3.8, 4) is 5.88 Å². The van der Waals surface area contributed by atoms with Crippen LogP contribution < -0.4 is 9.64 Å². The molecule has 1 atom stereocenters. The first kappa shape index (κ1) is 26.0. The van der Waals surface area contributed by atoms with Crippen LogP contribution in [-0.2, 0) is 14.2 Å². The van der Waals surface area contributed by atoms with Crippen LogP contribution in [0.4, 0.5) is 5.69 Å². The number of anilines is 1. The van der Waals surface area contributed by atoms with E-state index in [-0.39, 0.29) is 6.10 Å². The Hall–Kier alpha value is -3.08. The second kappa shape index (κ2) is 12.8. The maximum atomic E-state index is 12.5. The number of carbonyl (C=O) groups excluding carboxylic acids is 1. The summed E-state index contributed by atoms with van der Waals surface area (Å²) in [7, 11) is 0. The summed E-state index contributed by atoms with van der Waals surface area (Å²) < 4.78 is 22.4. The van der Waals surface area contributed by atoms with E-state index in [0.29, 0.717) is 42.5 Å². The van der Waals surface area contributed by atoms with Crippen LogP contribution >= 0.6 is 0 Å². The molecule has 1 unspecified atom stereocenters. The van der Waals surface area contributed by atoms with E-state index < -0.39 is 12.0 Å². The Labute approximate surface area is 212 Å². The van der Waals surface area contributed by atoms with Gasteiger partial charge in [0.1, 0.15) is 12.6 Å². The third-order valence-electron chi connectivity index (χ3n) is 6.13. The lowest BCUT2D eigenvalue weighted by Gasteiger charge is -2.30. The van der Waals surface area contributed by atoms with Crippen molar-refractivity contribution >= 4 is 11.7 Å². The van der Waals surface area contributed by atoms with Crippen LogP contribution in [0.5, 0.6) is 5.88 Å². The zero-order valence-corrected chi connectivity index (χ0v) is 21.0. The number of nitrogens with one attached hydrogen (secondary N) is 1. The normalized spacial score (nSPS) is 17.6. The van der Waals surface area contributed by atoms with Crippen LogP contribution in [0.3, 0.4) is 0 Å². The number of aromatic nitrogens is 1. The number of nitrogens with zero attached hydrogens (tertiary/aromatic N) is 4. The monoisotopic (exact) mass is 497 g/mol. The van der Waals surface area contributed by atoms with Crippen molar-refractivity contribution in [2.24, 2.45) is 5.11 Å². The third kappa shape index (κ3) is 6.99. The fourth-order valence-corrected chi connectivity index (χ4v) is 4.26. The number of rotatable bonds is 10. The molecule has 1 aromatic heterocycles. The van der Waals surface area contributed by atoms with Gasteiger partial charge in [0.15, 0.2) is 0 Å². The first-order chi connectivity index (χ1) is 17.5. The molecule has 10 heteroatoms. The van der Waals surface area contributed by atoms with Crippen LogP contribution in [0.2, 0.25) is 0 Å². The average molecular weight is 498 g/mol. The van der Waals surface area contributed by atoms with E-state index in [1.807, 2.05) is 32.0 Å². The van der Waals surface area contributed by atoms with Gasteiger partial charge in [0.2, 0.25) is 5.88 Å². The number of carbonyl (C=O) groups is 1. The standard InChI is InChI=1S/C26H35N5O5/c1-19(2)36-26(32)21-5-3-4-20(16-21)25(29-27)23-17-22(31-9-13-34-14-10-31)18-24(28-23)35-15-8-30-6-11-33-12-7-30/h3-5,16-19,25,27H,6-15H2,1-2H3. The number of hydrogen-bond acceptors (Lipinski definition) is 10. The van der Waals surface area contributed by atoms with Crippen molar-refractivity contribution in [2.45, 2.75) is 26.0 Å². The average Bonchev–Trinajstić information content (AvgIpc) is 2.90. The van der Waals surface area contributed by atoms with Crippen LogP contribution in [0.1, 0.15) is 41.5 Å². The highest BCUT2D eigenvalue weighted by Gasteiger charge is 2.22. The molecular weight excluding hydrogens is 462 g/mol. The number of esters is 1. The van der Waals surface area contributed by atoms with Gasteiger partial charge in [-0.15, -0.1) is 0 Å². The quantitative estimate of drug-likeness (QED) is 0.393. The van der Waals surface area contributed by atoms with Gasteiger partial charge in [-0.05, 0) is 37.6 Å². The number of pyridine rings is 1. The topological polar surface area (TPSA) is 110 Å². The second-order valence-electron chi connectivity index (χ2n) is 9.10. The van der Waals surface area contributed by atoms with E-state index in [1.165, 1.54) is 0 Å². The summed E-state index contributed by atoms with van der Waals surface area (Å²) in [4.78, 5) is 21.7. The van der Waals surface area contributed by atoms with Crippen molar-refractivity contribution in [3.05, 3.63) is 53.2 Å². The lowest BCUT2D eigenvalue weighted by atomic mass is 10.0. The van der Waals surface area contributed by atoms with Gasteiger partial charge in [0.05, 0.1) is 43.8 Å². The molecule has 2 saturated heterocycles. The zero-order chi connectivity index (χ0) is 25.3. The molecular formula is C26H35N5O5. The van der Waals surface area contributed by atoms with Crippen molar-refractivity contribution in [1.29, 1.82) is 5.53 Å². The maximum absolute atomic E-state index is 12.5. The Balaban J connectivity index is 1.58. The maximum Gasteiger partial charge on any atom is 0.338 e. The number of hydrogen-bond donors (Lipinski definition) is 1. The molecule has 1 N–H and O–H groups in total. The summed E-state index contributed by atoms with van der Waals surface area (Å²) in [6.45, 7) is 11.0. The largest absolute Gasteiger partial charge is 0.476 e. The Bertz CT molecular complexity index is 1020. The first-order valence-corrected chi connectivity index (χ1v) is 12.5. The highest BCUT2D eigenvalue weighted by Crippen LogP contribution is 2.31. The minimum atomic E-state index is -0.681. The highest BCUT2D eigenvalue weighted by molar-refractivity contribution is 5.89. The van der Waals surface area contributed by atoms with E-state index in [1.54, 1.807) is 18.2 Å². The van der Waals surface area contributed by atoms with E-state index in [0.717, 1.165) is 51.6 Å². The minimum Gasteiger partial charge on any atom is -0.476 e. The lowest BCUT2D eigenvalue weighted by molar-refractivity contribution is 0.0319. The zero-order valence-electron chi connectivity index (χ0n) is 21.0. The molecule has 2 aliphatic rings. The smallest absolute Gasteiger partial charge is 0.338 e. The molecule has 0 bridgehead atoms. The predicted octanol–water partition coefficient (Wildman–Crippen LogP) is 3.31. The molecule has 0 aliphatic carbocycles. The molecule has 0 spiro atoms. The second-order valence-corrected chi connectivity index (χ2v) is 9.10. The Morgan fingerprint density at radius 2 is 1.81 bits per heavy atom. The van der Waals surface area contributed by atoms with Gasteiger partial charge >= 0.3 is 5.97 Å². The fourth-order valence-electron chi connectivity index (χ4n) is 4.26. The molecule has 2 fully saturated rings. The van der Waals surface area contributed by atoms with E-state index in [9.17, 15) is 4.79 Å². The lowest BCUT2D eigenvalue weighted by Crippen LogP contribution is -2.38. The molecule has 2 aromatic rings. The first-order valence-electron chi connectivity index (χ1n) is 12.5. The summed E-state index contributed by atoms with van der Waals surface area (Å²) in [6.07, 6.45) is -0.221. The molecule has 36 heavy (non-hydrogen) atoms. The molecule has 1 aromatic carbocycles. The van der Waals surface area contributed by atoms with Crippen LogP contribution in [0, 0.1) is 5.53 Å². The third-order valence-corrected chi connectivity index (χ3v) is 6.13. The molecule has 0 radical (unpaired) electrons. The molecule has 2 aliphatic heterocycles. The Kier molecular flexibility index (Phi) is 9.21. The molecule has 10 nitrogen and oxygen atoms in total. The minimum absolute atomic E-state index is 0.221. The highest BCUT2D eigenvalue weighted by atomic mass is 16.5. The predicted molar refractivity (Wildman–Crippen MR) is 134 cm³/mol. The summed E-state index contributed by atoms with van der Waals surface area (Å²) in [6, 6.07) is 10.2. The Morgan fingerprint density at radius 3 is 2.50 bits per heavy atom. The molecule has 3 heterocycles. The summed E-state index contributed by atoms with van der Waals surface area (Å²) >= 11 is 0.